The molecule has 0 atom stereocenters. The molecule has 1 rings (SSSR count). The van der Waals surface area contributed by atoms with E-state index in [0.717, 1.165) is 32.5 Å². The average molecular weight is 229 g/mol. The highest BCUT2D eigenvalue weighted by Crippen LogP contribution is 2.09. The number of piperidine rings is 1. The van der Waals surface area contributed by atoms with Crippen molar-refractivity contribution in [1.29, 1.82) is 0 Å². The fraction of sp³-hybridized carbons (Fsp3) is 0.909. The van der Waals surface area contributed by atoms with Crippen molar-refractivity contribution in [3.8, 4) is 0 Å². The molecule has 1 aliphatic heterocycles. The lowest BCUT2D eigenvalue weighted by Crippen LogP contribution is -2.48. The van der Waals surface area contributed by atoms with E-state index in [-0.39, 0.29) is 18.7 Å². The van der Waals surface area contributed by atoms with Crippen molar-refractivity contribution in [2.45, 2.75) is 25.8 Å². The zero-order chi connectivity index (χ0) is 12.0. The number of urea groups is 1. The summed E-state index contributed by atoms with van der Waals surface area (Å²) in [5.41, 5.74) is 0. The Hall–Kier alpha value is -0.810. The van der Waals surface area contributed by atoms with Crippen LogP contribution in [-0.4, -0.2) is 66.8 Å². The van der Waals surface area contributed by atoms with Crippen LogP contribution in [0.4, 0.5) is 4.79 Å². The number of rotatable bonds is 4. The molecule has 0 aromatic heterocycles. The summed E-state index contributed by atoms with van der Waals surface area (Å²) < 4.78 is 0. The summed E-state index contributed by atoms with van der Waals surface area (Å²) >= 11 is 0. The molecule has 1 saturated heterocycles. The van der Waals surface area contributed by atoms with Gasteiger partial charge in [-0.3, -0.25) is 0 Å². The largest absolute Gasteiger partial charge is 0.395 e. The maximum atomic E-state index is 11.6. The molecule has 0 spiro atoms. The smallest absolute Gasteiger partial charge is 0.317 e. The van der Waals surface area contributed by atoms with Crippen molar-refractivity contribution >= 4 is 6.03 Å². The van der Waals surface area contributed by atoms with E-state index in [4.69, 9.17) is 5.11 Å². The van der Waals surface area contributed by atoms with Gasteiger partial charge in [-0.15, -0.1) is 0 Å². The van der Waals surface area contributed by atoms with Gasteiger partial charge in [-0.25, -0.2) is 4.79 Å². The number of hydrogen-bond donors (Lipinski definition) is 2. The molecule has 0 unspecified atom stereocenters. The van der Waals surface area contributed by atoms with E-state index in [1.807, 2.05) is 0 Å². The Morgan fingerprint density at radius 2 is 2.12 bits per heavy atom. The maximum Gasteiger partial charge on any atom is 0.317 e. The third-order valence-electron chi connectivity index (χ3n) is 3.14. The van der Waals surface area contributed by atoms with Gasteiger partial charge in [-0.1, -0.05) is 6.92 Å². The summed E-state index contributed by atoms with van der Waals surface area (Å²) in [6, 6.07) is 0.209. The van der Waals surface area contributed by atoms with Gasteiger partial charge >= 0.3 is 6.03 Å². The zero-order valence-corrected chi connectivity index (χ0v) is 10.3. The van der Waals surface area contributed by atoms with Gasteiger partial charge < -0.3 is 20.2 Å². The highest BCUT2D eigenvalue weighted by Gasteiger charge is 2.20. The van der Waals surface area contributed by atoms with E-state index < -0.39 is 0 Å². The summed E-state index contributed by atoms with van der Waals surface area (Å²) in [6.07, 6.45) is 2.04. The van der Waals surface area contributed by atoms with Crippen LogP contribution in [0.1, 0.15) is 19.8 Å². The van der Waals surface area contributed by atoms with Crippen LogP contribution in [0.3, 0.4) is 0 Å². The standard InChI is InChI=1S/C11H23N3O2/c1-3-14-6-4-10(5-7-14)12-11(16)13(2)8-9-15/h10,15H,3-9H2,1-2H3,(H,12,16). The number of aliphatic hydroxyl groups is 1. The van der Waals surface area contributed by atoms with Crippen LogP contribution in [0.15, 0.2) is 0 Å². The zero-order valence-electron chi connectivity index (χ0n) is 10.3. The quantitative estimate of drug-likeness (QED) is 0.719. The fourth-order valence-corrected chi connectivity index (χ4v) is 1.93. The minimum Gasteiger partial charge on any atom is -0.395 e. The molecule has 94 valence electrons. The Kier molecular flexibility index (Phi) is 5.55. The van der Waals surface area contributed by atoms with Gasteiger partial charge in [0.05, 0.1) is 6.61 Å². The number of carbonyl (C=O) groups excluding carboxylic acids is 1. The second-order valence-corrected chi connectivity index (χ2v) is 4.30. The van der Waals surface area contributed by atoms with Gasteiger partial charge in [0, 0.05) is 32.7 Å². The summed E-state index contributed by atoms with van der Waals surface area (Å²) in [7, 11) is 1.70. The number of nitrogens with zero attached hydrogens (tertiary/aromatic N) is 2. The molecule has 0 bridgehead atoms. The van der Waals surface area contributed by atoms with Gasteiger partial charge in [0.1, 0.15) is 0 Å². The number of likely N-dealkylation sites (N-methyl/N-ethyl adjacent to an activating group) is 1. The highest BCUT2D eigenvalue weighted by molar-refractivity contribution is 5.74. The molecule has 1 aliphatic rings. The van der Waals surface area contributed by atoms with Gasteiger partial charge in [-0.2, -0.15) is 0 Å². The topological polar surface area (TPSA) is 55.8 Å². The van der Waals surface area contributed by atoms with Gasteiger partial charge in [0.25, 0.3) is 0 Å². The lowest BCUT2D eigenvalue weighted by Gasteiger charge is -2.32. The normalized spacial score (nSPS) is 18.4. The van der Waals surface area contributed by atoms with E-state index in [2.05, 4.69) is 17.1 Å². The van der Waals surface area contributed by atoms with Crippen molar-refractivity contribution in [1.82, 2.24) is 15.1 Å². The molecule has 5 nitrogen and oxygen atoms in total. The summed E-state index contributed by atoms with van der Waals surface area (Å²) in [5, 5.41) is 11.7. The van der Waals surface area contributed by atoms with Crippen LogP contribution in [0.2, 0.25) is 0 Å². The fourth-order valence-electron chi connectivity index (χ4n) is 1.93. The number of carbonyl (C=O) groups is 1. The lowest BCUT2D eigenvalue weighted by molar-refractivity contribution is 0.172. The molecule has 0 aromatic carbocycles. The van der Waals surface area contributed by atoms with E-state index in [0.29, 0.717) is 6.54 Å². The molecular formula is C11H23N3O2. The monoisotopic (exact) mass is 229 g/mol. The molecule has 0 radical (unpaired) electrons. The number of nitrogens with one attached hydrogen (secondary N) is 1. The van der Waals surface area contributed by atoms with Crippen LogP contribution in [0.25, 0.3) is 0 Å². The maximum absolute atomic E-state index is 11.6. The van der Waals surface area contributed by atoms with Crippen molar-refractivity contribution in [3.63, 3.8) is 0 Å². The Bertz CT molecular complexity index is 215. The van der Waals surface area contributed by atoms with Gasteiger partial charge in [-0.05, 0) is 19.4 Å². The number of aliphatic hydroxyl groups excluding tert-OH is 1. The Morgan fingerprint density at radius 1 is 1.50 bits per heavy atom. The summed E-state index contributed by atoms with van der Waals surface area (Å²) in [5.74, 6) is 0. The Balaban J connectivity index is 2.25. The first kappa shape index (κ1) is 13.3. The van der Waals surface area contributed by atoms with Crippen LogP contribution < -0.4 is 5.32 Å². The molecule has 0 saturated carbocycles. The second kappa shape index (κ2) is 6.70. The van der Waals surface area contributed by atoms with E-state index >= 15 is 0 Å². The third-order valence-corrected chi connectivity index (χ3v) is 3.14. The molecule has 0 aromatic rings. The van der Waals surface area contributed by atoms with Crippen LogP contribution in [0, 0.1) is 0 Å². The average Bonchev–Trinajstić information content (AvgIpc) is 2.30. The molecule has 1 fully saturated rings. The predicted octanol–water partition coefficient (Wildman–Crippen LogP) is 0.104. The summed E-state index contributed by atoms with van der Waals surface area (Å²) in [6.45, 7) is 5.77. The SMILES string of the molecule is CCN1CCC(NC(=O)N(C)CCO)CC1. The van der Waals surface area contributed by atoms with E-state index in [1.165, 1.54) is 4.90 Å². The van der Waals surface area contributed by atoms with Crippen molar-refractivity contribution in [2.24, 2.45) is 0 Å². The van der Waals surface area contributed by atoms with Crippen LogP contribution in [0.5, 0.6) is 0 Å². The third kappa shape index (κ3) is 3.98. The molecule has 5 heteroatoms. The Morgan fingerprint density at radius 3 is 2.62 bits per heavy atom. The second-order valence-electron chi connectivity index (χ2n) is 4.30. The van der Waals surface area contributed by atoms with Gasteiger partial charge in [0.15, 0.2) is 0 Å². The number of likely N-dealkylation sites (tertiary alicyclic amines) is 1. The molecule has 2 N–H and O–H groups in total. The van der Waals surface area contributed by atoms with Crippen LogP contribution in [-0.2, 0) is 0 Å². The first-order valence-corrected chi connectivity index (χ1v) is 6.02. The van der Waals surface area contributed by atoms with Crippen LogP contribution >= 0.6 is 0 Å². The summed E-state index contributed by atoms with van der Waals surface area (Å²) in [4.78, 5) is 15.6. The van der Waals surface area contributed by atoms with Crippen molar-refractivity contribution < 1.29 is 9.90 Å². The first-order valence-electron chi connectivity index (χ1n) is 6.02. The van der Waals surface area contributed by atoms with E-state index in [9.17, 15) is 4.79 Å². The molecule has 16 heavy (non-hydrogen) atoms. The van der Waals surface area contributed by atoms with Crippen molar-refractivity contribution in [2.75, 3.05) is 39.8 Å². The minimum atomic E-state index is -0.0796. The highest BCUT2D eigenvalue weighted by atomic mass is 16.3. The minimum absolute atomic E-state index is 0.0121. The molecule has 1 heterocycles. The predicted molar refractivity (Wildman–Crippen MR) is 63.4 cm³/mol. The molecule has 0 aliphatic carbocycles. The van der Waals surface area contributed by atoms with Crippen molar-refractivity contribution in [3.05, 3.63) is 0 Å². The van der Waals surface area contributed by atoms with E-state index in [1.54, 1.807) is 7.05 Å². The molecular weight excluding hydrogens is 206 g/mol. The first-order chi connectivity index (χ1) is 7.67. The molecule has 2 amide bonds. The Labute approximate surface area is 97.4 Å². The lowest BCUT2D eigenvalue weighted by atomic mass is 10.1. The van der Waals surface area contributed by atoms with Gasteiger partial charge in [0.2, 0.25) is 0 Å². The number of amides is 2. The number of hydrogen-bond acceptors (Lipinski definition) is 3.